The molecule has 0 spiro atoms. The summed E-state index contributed by atoms with van der Waals surface area (Å²) < 4.78 is 0. The fourth-order valence-corrected chi connectivity index (χ4v) is 2.32. The first-order chi connectivity index (χ1) is 6.24. The Morgan fingerprint density at radius 3 is 2.85 bits per heavy atom. The second-order valence-electron chi connectivity index (χ2n) is 4.72. The quantitative estimate of drug-likeness (QED) is 0.439. The molecule has 0 amide bonds. The molecule has 2 atom stereocenters. The summed E-state index contributed by atoms with van der Waals surface area (Å²) >= 11 is 0. The summed E-state index contributed by atoms with van der Waals surface area (Å²) in [6.07, 6.45) is 10.8. The van der Waals surface area contributed by atoms with Crippen LogP contribution in [0.2, 0.25) is 0 Å². The van der Waals surface area contributed by atoms with E-state index in [1.807, 2.05) is 0 Å². The van der Waals surface area contributed by atoms with Crippen LogP contribution >= 0.6 is 0 Å². The summed E-state index contributed by atoms with van der Waals surface area (Å²) in [5.41, 5.74) is 1.62. The standard InChI is InChI=1S/C13H24/c1-4-5-6-7-13-10-11(2)8-9-12(13)3/h8,12-13H,4-7,9-10H2,1-3H3. The van der Waals surface area contributed by atoms with Crippen molar-refractivity contribution in [2.75, 3.05) is 0 Å². The zero-order valence-electron chi connectivity index (χ0n) is 9.47. The van der Waals surface area contributed by atoms with Gasteiger partial charge in [0.15, 0.2) is 0 Å². The summed E-state index contributed by atoms with van der Waals surface area (Å²) in [6.45, 7) is 6.99. The largest absolute Gasteiger partial charge is 0.0853 e. The van der Waals surface area contributed by atoms with E-state index in [4.69, 9.17) is 0 Å². The minimum absolute atomic E-state index is 0.931. The molecule has 0 aromatic carbocycles. The third-order valence-electron chi connectivity index (χ3n) is 3.41. The molecule has 0 fully saturated rings. The molecule has 0 heteroatoms. The Morgan fingerprint density at radius 2 is 2.15 bits per heavy atom. The average molecular weight is 180 g/mol. The molecule has 1 rings (SSSR count). The van der Waals surface area contributed by atoms with Gasteiger partial charge in [0, 0.05) is 0 Å². The molecule has 0 heterocycles. The van der Waals surface area contributed by atoms with Gasteiger partial charge < -0.3 is 0 Å². The van der Waals surface area contributed by atoms with E-state index >= 15 is 0 Å². The first kappa shape index (κ1) is 10.8. The lowest BCUT2D eigenvalue weighted by Crippen LogP contribution is -2.15. The Kier molecular flexibility index (Phi) is 4.55. The lowest BCUT2D eigenvalue weighted by atomic mass is 9.78. The zero-order chi connectivity index (χ0) is 9.68. The second kappa shape index (κ2) is 5.47. The van der Waals surface area contributed by atoms with Crippen molar-refractivity contribution in [3.8, 4) is 0 Å². The van der Waals surface area contributed by atoms with Crippen LogP contribution in [0.4, 0.5) is 0 Å². The lowest BCUT2D eigenvalue weighted by molar-refractivity contribution is 0.310. The Hall–Kier alpha value is -0.260. The number of allylic oxidation sites excluding steroid dienone is 2. The molecule has 0 N–H and O–H groups in total. The normalized spacial score (nSPS) is 28.7. The average Bonchev–Trinajstić information content (AvgIpc) is 2.11. The summed E-state index contributed by atoms with van der Waals surface area (Å²) in [6, 6.07) is 0. The van der Waals surface area contributed by atoms with Gasteiger partial charge in [0.1, 0.15) is 0 Å². The van der Waals surface area contributed by atoms with Crippen LogP contribution in [-0.2, 0) is 0 Å². The SMILES string of the molecule is CCCCCC1CC(C)=CCC1C. The van der Waals surface area contributed by atoms with Gasteiger partial charge in [-0.1, -0.05) is 44.8 Å². The minimum atomic E-state index is 0.931. The van der Waals surface area contributed by atoms with Crippen LogP contribution in [-0.4, -0.2) is 0 Å². The molecular weight excluding hydrogens is 156 g/mol. The zero-order valence-corrected chi connectivity index (χ0v) is 9.47. The van der Waals surface area contributed by atoms with E-state index in [0.29, 0.717) is 0 Å². The van der Waals surface area contributed by atoms with Gasteiger partial charge in [0.25, 0.3) is 0 Å². The summed E-state index contributed by atoms with van der Waals surface area (Å²) in [7, 11) is 0. The topological polar surface area (TPSA) is 0 Å². The molecule has 1 aliphatic carbocycles. The first-order valence-electron chi connectivity index (χ1n) is 5.89. The molecule has 0 aromatic rings. The first-order valence-corrected chi connectivity index (χ1v) is 5.89. The lowest BCUT2D eigenvalue weighted by Gasteiger charge is -2.27. The Bertz CT molecular complexity index is 167. The van der Waals surface area contributed by atoms with Gasteiger partial charge in [-0.3, -0.25) is 0 Å². The highest BCUT2D eigenvalue weighted by Gasteiger charge is 2.19. The molecule has 13 heavy (non-hydrogen) atoms. The van der Waals surface area contributed by atoms with Gasteiger partial charge in [-0.05, 0) is 38.0 Å². The highest BCUT2D eigenvalue weighted by atomic mass is 14.2. The summed E-state index contributed by atoms with van der Waals surface area (Å²) in [4.78, 5) is 0. The van der Waals surface area contributed by atoms with Crippen molar-refractivity contribution in [2.24, 2.45) is 11.8 Å². The molecule has 0 aliphatic heterocycles. The highest BCUT2D eigenvalue weighted by molar-refractivity contribution is 5.04. The molecule has 0 radical (unpaired) electrons. The van der Waals surface area contributed by atoms with Crippen molar-refractivity contribution in [1.29, 1.82) is 0 Å². The van der Waals surface area contributed by atoms with Crippen molar-refractivity contribution in [2.45, 2.75) is 59.3 Å². The van der Waals surface area contributed by atoms with Gasteiger partial charge in [-0.25, -0.2) is 0 Å². The van der Waals surface area contributed by atoms with E-state index < -0.39 is 0 Å². The van der Waals surface area contributed by atoms with Crippen LogP contribution in [0.15, 0.2) is 11.6 Å². The Morgan fingerprint density at radius 1 is 1.38 bits per heavy atom. The molecule has 1 aliphatic rings. The Labute approximate surface area is 83.4 Å². The third-order valence-corrected chi connectivity index (χ3v) is 3.41. The van der Waals surface area contributed by atoms with E-state index in [2.05, 4.69) is 26.8 Å². The Balaban J connectivity index is 2.28. The summed E-state index contributed by atoms with van der Waals surface area (Å²) in [5, 5.41) is 0. The smallest absolute Gasteiger partial charge is 0.0292 e. The van der Waals surface area contributed by atoms with E-state index in [1.54, 1.807) is 5.57 Å². The van der Waals surface area contributed by atoms with Crippen LogP contribution in [0.25, 0.3) is 0 Å². The van der Waals surface area contributed by atoms with E-state index in [9.17, 15) is 0 Å². The molecule has 2 unspecified atom stereocenters. The highest BCUT2D eigenvalue weighted by Crippen LogP contribution is 2.32. The van der Waals surface area contributed by atoms with Crippen molar-refractivity contribution in [3.05, 3.63) is 11.6 Å². The van der Waals surface area contributed by atoms with E-state index in [0.717, 1.165) is 11.8 Å². The van der Waals surface area contributed by atoms with Gasteiger partial charge in [0.2, 0.25) is 0 Å². The fraction of sp³-hybridized carbons (Fsp3) is 0.846. The molecular formula is C13H24. The maximum atomic E-state index is 2.43. The van der Waals surface area contributed by atoms with E-state index in [-0.39, 0.29) is 0 Å². The predicted octanol–water partition coefficient (Wildman–Crippen LogP) is 4.56. The van der Waals surface area contributed by atoms with Crippen molar-refractivity contribution >= 4 is 0 Å². The molecule has 0 saturated carbocycles. The van der Waals surface area contributed by atoms with Gasteiger partial charge in [0.05, 0.1) is 0 Å². The van der Waals surface area contributed by atoms with Crippen molar-refractivity contribution < 1.29 is 0 Å². The van der Waals surface area contributed by atoms with Gasteiger partial charge in [-0.15, -0.1) is 0 Å². The third kappa shape index (κ3) is 3.54. The maximum absolute atomic E-state index is 2.43. The van der Waals surface area contributed by atoms with Crippen LogP contribution in [0.3, 0.4) is 0 Å². The van der Waals surface area contributed by atoms with E-state index in [1.165, 1.54) is 38.5 Å². The van der Waals surface area contributed by atoms with Crippen LogP contribution in [0.1, 0.15) is 59.3 Å². The van der Waals surface area contributed by atoms with Crippen LogP contribution in [0, 0.1) is 11.8 Å². The predicted molar refractivity (Wildman–Crippen MR) is 59.8 cm³/mol. The minimum Gasteiger partial charge on any atom is -0.0853 e. The summed E-state index contributed by atoms with van der Waals surface area (Å²) in [5.74, 6) is 1.91. The maximum Gasteiger partial charge on any atom is -0.0292 e. The van der Waals surface area contributed by atoms with Gasteiger partial charge in [-0.2, -0.15) is 0 Å². The molecule has 0 saturated heterocycles. The molecule has 76 valence electrons. The van der Waals surface area contributed by atoms with Crippen LogP contribution < -0.4 is 0 Å². The number of rotatable bonds is 4. The second-order valence-corrected chi connectivity index (χ2v) is 4.72. The van der Waals surface area contributed by atoms with Crippen molar-refractivity contribution in [3.63, 3.8) is 0 Å². The van der Waals surface area contributed by atoms with Gasteiger partial charge >= 0.3 is 0 Å². The van der Waals surface area contributed by atoms with Crippen LogP contribution in [0.5, 0.6) is 0 Å². The molecule has 0 bridgehead atoms. The number of hydrogen-bond donors (Lipinski definition) is 0. The fourth-order valence-electron chi connectivity index (χ4n) is 2.32. The molecule has 0 nitrogen and oxygen atoms in total. The molecule has 0 aromatic heterocycles. The van der Waals surface area contributed by atoms with Crippen molar-refractivity contribution in [1.82, 2.24) is 0 Å². The monoisotopic (exact) mass is 180 g/mol. The number of hydrogen-bond acceptors (Lipinski definition) is 0. The number of unbranched alkanes of at least 4 members (excludes halogenated alkanes) is 2.